The number of carbonyl (C=O) groups excluding carboxylic acids is 2. The van der Waals surface area contributed by atoms with Crippen LogP contribution < -0.4 is 0 Å². The van der Waals surface area contributed by atoms with Gasteiger partial charge in [-0.3, -0.25) is 4.79 Å². The molecule has 1 saturated heterocycles. The summed E-state index contributed by atoms with van der Waals surface area (Å²) < 4.78 is 13.0. The molecule has 1 fully saturated rings. The molecule has 0 bridgehead atoms. The van der Waals surface area contributed by atoms with Crippen LogP contribution in [-0.4, -0.2) is 76.7 Å². The number of likely N-dealkylation sites (N-methyl/N-ethyl adjacent to an activating group) is 1. The van der Waals surface area contributed by atoms with E-state index in [9.17, 15) is 9.59 Å². The van der Waals surface area contributed by atoms with E-state index in [1.807, 2.05) is 67.1 Å². The number of likely N-dealkylation sites (tertiary alicyclic amines) is 1. The van der Waals surface area contributed by atoms with Crippen LogP contribution in [0.15, 0.2) is 85.3 Å². The second-order valence-corrected chi connectivity index (χ2v) is 12.8. The maximum atomic E-state index is 13.7. The minimum atomic E-state index is -0.255. The normalized spacial score (nSPS) is 13.7. The number of hydrogen-bond donors (Lipinski definition) is 0. The van der Waals surface area contributed by atoms with E-state index >= 15 is 0 Å². The molecule has 46 heavy (non-hydrogen) atoms. The van der Waals surface area contributed by atoms with Gasteiger partial charge in [0.05, 0.1) is 23.6 Å². The highest BCUT2D eigenvalue weighted by atomic mass is 32.1. The average molecular weight is 638 g/mol. The molecule has 0 aliphatic carbocycles. The molecule has 2 amide bonds. The maximum Gasteiger partial charge on any atom is 0.410 e. The minimum absolute atomic E-state index is 0.0636. The number of fused-ring (bicyclic) bond motifs is 1. The van der Waals surface area contributed by atoms with Crippen LogP contribution >= 0.6 is 11.3 Å². The predicted molar refractivity (Wildman–Crippen MR) is 180 cm³/mol. The standard InChI is InChI=1S/C36H39N5O4S/c1-39(19-20-44-2)35(42)34-33(31-14-8-12-28-11-6-7-13-30(28)31)38-32(46-34)21-29-22-37-25-41(29)23-26-15-17-40(18-16-26)36(43)45-24-27-9-4-3-5-10-27/h3-14,22,25-26H,15-21,23-24H2,1-2H3. The van der Waals surface area contributed by atoms with Crippen molar-refractivity contribution in [3.8, 4) is 11.3 Å². The van der Waals surface area contributed by atoms with E-state index in [4.69, 9.17) is 14.5 Å². The molecule has 0 spiro atoms. The van der Waals surface area contributed by atoms with Gasteiger partial charge in [-0.2, -0.15) is 0 Å². The van der Waals surface area contributed by atoms with Gasteiger partial charge in [-0.1, -0.05) is 72.8 Å². The fourth-order valence-electron chi connectivity index (χ4n) is 5.90. The van der Waals surface area contributed by atoms with Gasteiger partial charge in [-0.15, -0.1) is 11.3 Å². The first-order valence-corrected chi connectivity index (χ1v) is 16.5. The number of ether oxygens (including phenoxy) is 2. The summed E-state index contributed by atoms with van der Waals surface area (Å²) >= 11 is 1.45. The maximum absolute atomic E-state index is 13.7. The number of rotatable bonds is 11. The molecule has 3 heterocycles. The van der Waals surface area contributed by atoms with Gasteiger partial charge in [0, 0.05) is 64.2 Å². The van der Waals surface area contributed by atoms with E-state index in [0.29, 0.717) is 49.2 Å². The molecule has 238 valence electrons. The third-order valence-corrected chi connectivity index (χ3v) is 9.59. The van der Waals surface area contributed by atoms with E-state index < -0.39 is 0 Å². The molecule has 2 aromatic heterocycles. The summed E-state index contributed by atoms with van der Waals surface area (Å²) in [6.07, 6.45) is 5.87. The van der Waals surface area contributed by atoms with E-state index in [2.05, 4.69) is 27.8 Å². The SMILES string of the molecule is COCCN(C)C(=O)c1sc(Cc2cncn2CC2CCN(C(=O)OCc3ccccc3)CC2)nc1-c1cccc2ccccc12. The molecule has 1 aliphatic rings. The zero-order valence-corrected chi connectivity index (χ0v) is 27.1. The summed E-state index contributed by atoms with van der Waals surface area (Å²) in [5.74, 6) is 0.353. The Hall–Kier alpha value is -4.54. The number of thiazole rings is 1. The average Bonchev–Trinajstić information content (AvgIpc) is 3.72. The van der Waals surface area contributed by atoms with Crippen LogP contribution in [-0.2, 0) is 29.0 Å². The van der Waals surface area contributed by atoms with Gasteiger partial charge in [-0.25, -0.2) is 14.8 Å². The van der Waals surface area contributed by atoms with Gasteiger partial charge in [0.15, 0.2) is 0 Å². The number of methoxy groups -OCH3 is 1. The first-order valence-electron chi connectivity index (χ1n) is 15.7. The van der Waals surface area contributed by atoms with Crippen molar-refractivity contribution in [2.75, 3.05) is 40.4 Å². The Morgan fingerprint density at radius 1 is 1.00 bits per heavy atom. The lowest BCUT2D eigenvalue weighted by Gasteiger charge is -2.31. The Morgan fingerprint density at radius 2 is 1.76 bits per heavy atom. The largest absolute Gasteiger partial charge is 0.445 e. The van der Waals surface area contributed by atoms with Crippen LogP contribution in [0.25, 0.3) is 22.0 Å². The van der Waals surface area contributed by atoms with Gasteiger partial charge in [0.25, 0.3) is 5.91 Å². The highest BCUT2D eigenvalue weighted by molar-refractivity contribution is 7.14. The number of nitrogens with zero attached hydrogens (tertiary/aromatic N) is 5. The van der Waals surface area contributed by atoms with Crippen molar-refractivity contribution < 1.29 is 19.1 Å². The number of aromatic nitrogens is 3. The quantitative estimate of drug-likeness (QED) is 0.164. The van der Waals surface area contributed by atoms with Crippen molar-refractivity contribution in [3.05, 3.63) is 106 Å². The number of benzene rings is 3. The smallest absolute Gasteiger partial charge is 0.410 e. The molecule has 6 rings (SSSR count). The highest BCUT2D eigenvalue weighted by Gasteiger charge is 2.26. The summed E-state index contributed by atoms with van der Waals surface area (Å²) in [5, 5.41) is 3.04. The van der Waals surface area contributed by atoms with Gasteiger partial charge in [-0.05, 0) is 35.1 Å². The van der Waals surface area contributed by atoms with Gasteiger partial charge in [0.2, 0.25) is 0 Å². The first-order chi connectivity index (χ1) is 22.5. The molecule has 10 heteroatoms. The molecular formula is C36H39N5O4S. The Kier molecular flexibility index (Phi) is 10.0. The van der Waals surface area contributed by atoms with Crippen molar-refractivity contribution in [2.45, 2.75) is 32.4 Å². The van der Waals surface area contributed by atoms with E-state index in [1.165, 1.54) is 11.3 Å². The summed E-state index contributed by atoms with van der Waals surface area (Å²) in [5.41, 5.74) is 3.70. The number of imidazole rings is 1. The Bertz CT molecular complexity index is 1770. The van der Waals surface area contributed by atoms with Gasteiger partial charge < -0.3 is 23.8 Å². The van der Waals surface area contributed by atoms with Crippen molar-refractivity contribution >= 4 is 34.1 Å². The zero-order valence-electron chi connectivity index (χ0n) is 26.3. The highest BCUT2D eigenvalue weighted by Crippen LogP contribution is 2.35. The van der Waals surface area contributed by atoms with Crippen LogP contribution in [0.2, 0.25) is 0 Å². The summed E-state index contributed by atoms with van der Waals surface area (Å²) in [4.78, 5) is 40.0. The molecule has 0 unspecified atom stereocenters. The van der Waals surface area contributed by atoms with Crippen molar-refractivity contribution in [2.24, 2.45) is 5.92 Å². The lowest BCUT2D eigenvalue weighted by molar-refractivity contribution is 0.0748. The molecule has 1 aliphatic heterocycles. The number of hydrogen-bond acceptors (Lipinski definition) is 7. The Labute approximate surface area is 273 Å². The van der Waals surface area contributed by atoms with Gasteiger partial charge in [0.1, 0.15) is 11.5 Å². The minimum Gasteiger partial charge on any atom is -0.445 e. The Morgan fingerprint density at radius 3 is 2.57 bits per heavy atom. The van der Waals surface area contributed by atoms with Crippen molar-refractivity contribution in [3.63, 3.8) is 0 Å². The summed E-state index contributed by atoms with van der Waals surface area (Å²) in [7, 11) is 3.44. The van der Waals surface area contributed by atoms with E-state index in [-0.39, 0.29) is 18.6 Å². The van der Waals surface area contributed by atoms with Crippen LogP contribution in [0.5, 0.6) is 0 Å². The van der Waals surface area contributed by atoms with Crippen LogP contribution in [0.4, 0.5) is 4.79 Å². The second kappa shape index (κ2) is 14.7. The second-order valence-electron chi connectivity index (χ2n) is 11.7. The summed E-state index contributed by atoms with van der Waals surface area (Å²) in [6.45, 7) is 3.40. The van der Waals surface area contributed by atoms with Crippen molar-refractivity contribution in [1.82, 2.24) is 24.3 Å². The topological polar surface area (TPSA) is 89.8 Å². The van der Waals surface area contributed by atoms with Crippen LogP contribution in [0.3, 0.4) is 0 Å². The van der Waals surface area contributed by atoms with E-state index in [1.54, 1.807) is 24.0 Å². The lowest BCUT2D eigenvalue weighted by Crippen LogP contribution is -2.39. The fraction of sp³-hybridized carbons (Fsp3) is 0.333. The Balaban J connectivity index is 1.15. The third-order valence-electron chi connectivity index (χ3n) is 8.55. The molecule has 9 nitrogen and oxygen atoms in total. The summed E-state index contributed by atoms with van der Waals surface area (Å²) in [6, 6.07) is 24.1. The number of carbonyl (C=O) groups is 2. The van der Waals surface area contributed by atoms with Crippen molar-refractivity contribution in [1.29, 1.82) is 0 Å². The van der Waals surface area contributed by atoms with Crippen LogP contribution in [0.1, 0.15) is 38.8 Å². The fourth-order valence-corrected chi connectivity index (χ4v) is 6.99. The third kappa shape index (κ3) is 7.29. The monoisotopic (exact) mass is 637 g/mol. The van der Waals surface area contributed by atoms with Gasteiger partial charge >= 0.3 is 6.09 Å². The molecule has 0 saturated carbocycles. The number of piperidine rings is 1. The molecule has 0 atom stereocenters. The molecular weight excluding hydrogens is 598 g/mol. The molecule has 5 aromatic rings. The predicted octanol–water partition coefficient (Wildman–Crippen LogP) is 6.52. The molecule has 3 aromatic carbocycles. The number of amides is 2. The zero-order chi connectivity index (χ0) is 31.9. The molecule has 0 radical (unpaired) electrons. The van der Waals surface area contributed by atoms with Crippen LogP contribution in [0, 0.1) is 5.92 Å². The first kappa shape index (κ1) is 31.4. The lowest BCUT2D eigenvalue weighted by atomic mass is 9.97. The molecule has 0 N–H and O–H groups in total. The van der Waals surface area contributed by atoms with E-state index in [0.717, 1.165) is 52.0 Å².